The first kappa shape index (κ1) is 14.1. The first-order valence-electron chi connectivity index (χ1n) is 5.15. The molecule has 0 aliphatic rings. The fraction of sp³-hybridized carbons (Fsp3) is 0.417. The summed E-state index contributed by atoms with van der Waals surface area (Å²) in [5, 5.41) is 3.58. The van der Waals surface area contributed by atoms with Gasteiger partial charge in [-0.05, 0) is 45.4 Å². The molecule has 0 radical (unpaired) electrons. The Bertz CT molecular complexity index is 416. The molecule has 0 bridgehead atoms. The van der Waals surface area contributed by atoms with E-state index in [1.807, 2.05) is 6.92 Å². The average Bonchev–Trinajstić information content (AvgIpc) is 2.10. The summed E-state index contributed by atoms with van der Waals surface area (Å²) in [5.74, 6) is 0. The van der Waals surface area contributed by atoms with Crippen molar-refractivity contribution in [2.24, 2.45) is 0 Å². The van der Waals surface area contributed by atoms with Gasteiger partial charge in [0.2, 0.25) is 0 Å². The summed E-state index contributed by atoms with van der Waals surface area (Å²) in [5.41, 5.74) is 0.755. The van der Waals surface area contributed by atoms with Gasteiger partial charge in [-0.3, -0.25) is 5.32 Å². The highest BCUT2D eigenvalue weighted by molar-refractivity contribution is 6.36. The van der Waals surface area contributed by atoms with Gasteiger partial charge in [0.1, 0.15) is 5.60 Å². The van der Waals surface area contributed by atoms with Crippen molar-refractivity contribution in [3.05, 3.63) is 27.7 Å². The average molecular weight is 276 g/mol. The molecule has 1 rings (SSSR count). The van der Waals surface area contributed by atoms with Crippen molar-refractivity contribution in [2.45, 2.75) is 33.3 Å². The van der Waals surface area contributed by atoms with Gasteiger partial charge in [-0.2, -0.15) is 0 Å². The highest BCUT2D eigenvalue weighted by atomic mass is 35.5. The Labute approximate surface area is 111 Å². The monoisotopic (exact) mass is 275 g/mol. The summed E-state index contributed by atoms with van der Waals surface area (Å²) in [6.07, 6.45) is -0.534. The molecule has 0 atom stereocenters. The van der Waals surface area contributed by atoms with Gasteiger partial charge in [0.15, 0.2) is 0 Å². The molecule has 0 fully saturated rings. The Morgan fingerprint density at radius 1 is 1.24 bits per heavy atom. The Kier molecular flexibility index (Phi) is 4.28. The summed E-state index contributed by atoms with van der Waals surface area (Å²) in [6.45, 7) is 7.19. The van der Waals surface area contributed by atoms with Crippen LogP contribution in [0.1, 0.15) is 26.3 Å². The lowest BCUT2D eigenvalue weighted by Crippen LogP contribution is -2.27. The molecule has 1 N–H and O–H groups in total. The van der Waals surface area contributed by atoms with Crippen LogP contribution >= 0.6 is 23.2 Å². The minimum Gasteiger partial charge on any atom is -0.444 e. The Hall–Kier alpha value is -0.930. The zero-order valence-corrected chi connectivity index (χ0v) is 11.7. The van der Waals surface area contributed by atoms with E-state index in [4.69, 9.17) is 27.9 Å². The summed E-state index contributed by atoms with van der Waals surface area (Å²) < 4.78 is 5.12. The van der Waals surface area contributed by atoms with Gasteiger partial charge in [-0.15, -0.1) is 0 Å². The van der Waals surface area contributed by atoms with Gasteiger partial charge >= 0.3 is 6.09 Å². The normalized spacial score (nSPS) is 11.2. The van der Waals surface area contributed by atoms with Crippen LogP contribution in [0.4, 0.5) is 10.5 Å². The van der Waals surface area contributed by atoms with Crippen molar-refractivity contribution >= 4 is 35.0 Å². The van der Waals surface area contributed by atoms with Crippen molar-refractivity contribution in [3.63, 3.8) is 0 Å². The smallest absolute Gasteiger partial charge is 0.412 e. The minimum absolute atomic E-state index is 0.503. The number of ether oxygens (including phenoxy) is 1. The molecule has 0 saturated carbocycles. The van der Waals surface area contributed by atoms with Gasteiger partial charge in [0, 0.05) is 15.7 Å². The van der Waals surface area contributed by atoms with Crippen LogP contribution in [0.2, 0.25) is 10.0 Å². The van der Waals surface area contributed by atoms with Gasteiger partial charge in [0.05, 0.1) is 0 Å². The molecule has 0 spiro atoms. The molecule has 0 aromatic heterocycles. The van der Waals surface area contributed by atoms with Gasteiger partial charge in [-0.1, -0.05) is 23.2 Å². The van der Waals surface area contributed by atoms with E-state index >= 15 is 0 Å². The van der Waals surface area contributed by atoms with E-state index in [0.717, 1.165) is 5.56 Å². The van der Waals surface area contributed by atoms with Crippen LogP contribution in [0.15, 0.2) is 12.1 Å². The molecule has 94 valence electrons. The molecule has 0 aliphatic carbocycles. The quantitative estimate of drug-likeness (QED) is 0.810. The number of hydrogen-bond acceptors (Lipinski definition) is 2. The minimum atomic E-state index is -0.539. The molecular formula is C12H15Cl2NO2. The van der Waals surface area contributed by atoms with Crippen LogP contribution in [0, 0.1) is 6.92 Å². The molecule has 1 aromatic rings. The molecule has 3 nitrogen and oxygen atoms in total. The number of amides is 1. The van der Waals surface area contributed by atoms with Crippen LogP contribution in [-0.2, 0) is 4.74 Å². The van der Waals surface area contributed by atoms with Crippen LogP contribution < -0.4 is 5.32 Å². The van der Waals surface area contributed by atoms with Crippen LogP contribution in [0.25, 0.3) is 0 Å². The SMILES string of the molecule is Cc1c(Cl)cc(NC(=O)OC(C)(C)C)cc1Cl. The number of benzene rings is 1. The van der Waals surface area contributed by atoms with Crippen LogP contribution in [0.3, 0.4) is 0 Å². The second-order valence-corrected chi connectivity index (χ2v) is 5.51. The molecule has 17 heavy (non-hydrogen) atoms. The molecule has 1 amide bonds. The topological polar surface area (TPSA) is 38.3 Å². The third kappa shape index (κ3) is 4.44. The number of anilines is 1. The molecule has 0 heterocycles. The van der Waals surface area contributed by atoms with E-state index in [9.17, 15) is 4.79 Å². The van der Waals surface area contributed by atoms with E-state index < -0.39 is 11.7 Å². The maximum absolute atomic E-state index is 11.5. The number of hydrogen-bond donors (Lipinski definition) is 1. The Balaban J connectivity index is 2.79. The van der Waals surface area contributed by atoms with E-state index in [1.54, 1.807) is 32.9 Å². The standard InChI is InChI=1S/C12H15Cl2NO2/c1-7-9(13)5-8(6-10(7)14)15-11(16)17-12(2,3)4/h5-6H,1-4H3,(H,15,16). The number of nitrogens with one attached hydrogen (secondary N) is 1. The summed E-state index contributed by atoms with van der Waals surface area (Å²) in [4.78, 5) is 11.5. The summed E-state index contributed by atoms with van der Waals surface area (Å²) >= 11 is 11.9. The lowest BCUT2D eigenvalue weighted by Gasteiger charge is -2.19. The van der Waals surface area contributed by atoms with Gasteiger partial charge in [0.25, 0.3) is 0 Å². The van der Waals surface area contributed by atoms with Crippen molar-refractivity contribution in [3.8, 4) is 0 Å². The zero-order valence-electron chi connectivity index (χ0n) is 10.2. The molecule has 0 aliphatic heterocycles. The fourth-order valence-corrected chi connectivity index (χ4v) is 1.63. The summed E-state index contributed by atoms with van der Waals surface area (Å²) in [6, 6.07) is 3.26. The molecule has 0 unspecified atom stereocenters. The first-order chi connectivity index (χ1) is 7.69. The van der Waals surface area contributed by atoms with Gasteiger partial charge in [-0.25, -0.2) is 4.79 Å². The largest absolute Gasteiger partial charge is 0.444 e. The molecular weight excluding hydrogens is 261 g/mol. The highest BCUT2D eigenvalue weighted by Gasteiger charge is 2.16. The van der Waals surface area contributed by atoms with E-state index in [-0.39, 0.29) is 0 Å². The molecule has 1 aromatic carbocycles. The second-order valence-electron chi connectivity index (χ2n) is 4.69. The molecule has 5 heteroatoms. The third-order valence-corrected chi connectivity index (χ3v) is 2.71. The molecule has 0 saturated heterocycles. The number of carbonyl (C=O) groups is 1. The summed E-state index contributed by atoms with van der Waals surface area (Å²) in [7, 11) is 0. The Morgan fingerprint density at radius 2 is 1.71 bits per heavy atom. The predicted octanol–water partition coefficient (Wildman–Crippen LogP) is 4.65. The predicted molar refractivity (Wildman–Crippen MR) is 71.1 cm³/mol. The number of carbonyl (C=O) groups excluding carboxylic acids is 1. The van der Waals surface area contributed by atoms with Crippen LogP contribution in [-0.4, -0.2) is 11.7 Å². The lowest BCUT2D eigenvalue weighted by molar-refractivity contribution is 0.0636. The number of rotatable bonds is 1. The maximum Gasteiger partial charge on any atom is 0.412 e. The van der Waals surface area contributed by atoms with Crippen molar-refractivity contribution < 1.29 is 9.53 Å². The number of halogens is 2. The van der Waals surface area contributed by atoms with Crippen molar-refractivity contribution in [2.75, 3.05) is 5.32 Å². The van der Waals surface area contributed by atoms with E-state index in [2.05, 4.69) is 5.32 Å². The maximum atomic E-state index is 11.5. The van der Waals surface area contributed by atoms with Gasteiger partial charge < -0.3 is 4.74 Å². The van der Waals surface area contributed by atoms with Crippen molar-refractivity contribution in [1.29, 1.82) is 0 Å². The van der Waals surface area contributed by atoms with E-state index in [1.165, 1.54) is 0 Å². The first-order valence-corrected chi connectivity index (χ1v) is 5.90. The Morgan fingerprint density at radius 3 is 2.12 bits per heavy atom. The fourth-order valence-electron chi connectivity index (χ4n) is 1.14. The second kappa shape index (κ2) is 5.15. The lowest BCUT2D eigenvalue weighted by atomic mass is 10.2. The van der Waals surface area contributed by atoms with Crippen LogP contribution in [0.5, 0.6) is 0 Å². The highest BCUT2D eigenvalue weighted by Crippen LogP contribution is 2.28. The van der Waals surface area contributed by atoms with E-state index in [0.29, 0.717) is 15.7 Å². The third-order valence-electron chi connectivity index (χ3n) is 1.93. The van der Waals surface area contributed by atoms with Crippen molar-refractivity contribution in [1.82, 2.24) is 0 Å². The zero-order chi connectivity index (χ0) is 13.2.